The van der Waals surface area contributed by atoms with E-state index in [1.165, 1.54) is 0 Å². The lowest BCUT2D eigenvalue weighted by atomic mass is 10.1. The number of halogens is 1. The maximum atomic E-state index is 12.0. The SMILES string of the molecule is O=c1[nH]c2ccccc2cc1-c1cccc(Cl)c1. The van der Waals surface area contributed by atoms with Crippen molar-refractivity contribution >= 4 is 22.5 Å². The van der Waals surface area contributed by atoms with E-state index in [9.17, 15) is 4.79 Å². The Bertz CT molecular complexity index is 777. The molecule has 2 nitrogen and oxygen atoms in total. The summed E-state index contributed by atoms with van der Waals surface area (Å²) < 4.78 is 0. The third-order valence-corrected chi connectivity index (χ3v) is 3.12. The van der Waals surface area contributed by atoms with Crippen molar-refractivity contribution in [2.24, 2.45) is 0 Å². The van der Waals surface area contributed by atoms with Crippen LogP contribution in [-0.4, -0.2) is 4.98 Å². The maximum Gasteiger partial charge on any atom is 0.256 e. The first-order chi connectivity index (χ1) is 8.74. The first-order valence-corrected chi connectivity index (χ1v) is 6.00. The Kier molecular flexibility index (Phi) is 2.65. The highest BCUT2D eigenvalue weighted by Crippen LogP contribution is 2.22. The van der Waals surface area contributed by atoms with Crippen LogP contribution in [0.1, 0.15) is 0 Å². The number of H-pyrrole nitrogens is 1. The molecule has 1 heterocycles. The molecule has 0 aliphatic carbocycles. The highest BCUT2D eigenvalue weighted by Gasteiger charge is 2.05. The smallest absolute Gasteiger partial charge is 0.256 e. The van der Waals surface area contributed by atoms with E-state index in [1.807, 2.05) is 42.5 Å². The van der Waals surface area contributed by atoms with Crippen molar-refractivity contribution in [2.75, 3.05) is 0 Å². The van der Waals surface area contributed by atoms with Crippen LogP contribution in [0.3, 0.4) is 0 Å². The fourth-order valence-corrected chi connectivity index (χ4v) is 2.21. The second-order valence-corrected chi connectivity index (χ2v) is 4.55. The Morgan fingerprint density at radius 3 is 2.61 bits per heavy atom. The quantitative estimate of drug-likeness (QED) is 0.704. The molecule has 1 aromatic heterocycles. The first-order valence-electron chi connectivity index (χ1n) is 5.62. The summed E-state index contributed by atoms with van der Waals surface area (Å²) in [6.07, 6.45) is 0. The molecule has 18 heavy (non-hydrogen) atoms. The molecule has 0 amide bonds. The average molecular weight is 256 g/mol. The lowest BCUT2D eigenvalue weighted by molar-refractivity contribution is 1.31. The fourth-order valence-electron chi connectivity index (χ4n) is 2.02. The van der Waals surface area contributed by atoms with Gasteiger partial charge in [-0.2, -0.15) is 0 Å². The van der Waals surface area contributed by atoms with Gasteiger partial charge in [0.15, 0.2) is 0 Å². The normalized spacial score (nSPS) is 10.7. The molecule has 0 aliphatic rings. The van der Waals surface area contributed by atoms with Crippen LogP contribution < -0.4 is 5.56 Å². The Labute approximate surface area is 109 Å². The fraction of sp³-hybridized carbons (Fsp3) is 0. The zero-order valence-electron chi connectivity index (χ0n) is 9.48. The van der Waals surface area contributed by atoms with Crippen molar-refractivity contribution in [2.45, 2.75) is 0 Å². The summed E-state index contributed by atoms with van der Waals surface area (Å²) in [4.78, 5) is 14.9. The summed E-state index contributed by atoms with van der Waals surface area (Å²) in [6.45, 7) is 0. The second-order valence-electron chi connectivity index (χ2n) is 4.11. The number of pyridine rings is 1. The van der Waals surface area contributed by atoms with E-state index in [4.69, 9.17) is 11.6 Å². The minimum atomic E-state index is -0.101. The molecule has 0 radical (unpaired) electrons. The molecular weight excluding hydrogens is 246 g/mol. The van der Waals surface area contributed by atoms with E-state index in [1.54, 1.807) is 12.1 Å². The van der Waals surface area contributed by atoms with E-state index in [0.717, 1.165) is 16.5 Å². The zero-order chi connectivity index (χ0) is 12.5. The van der Waals surface area contributed by atoms with E-state index < -0.39 is 0 Å². The third kappa shape index (κ3) is 1.91. The molecule has 0 fully saturated rings. The zero-order valence-corrected chi connectivity index (χ0v) is 10.2. The predicted octanol–water partition coefficient (Wildman–Crippen LogP) is 3.85. The molecule has 0 saturated carbocycles. The highest BCUT2D eigenvalue weighted by atomic mass is 35.5. The van der Waals surface area contributed by atoms with Crippen molar-refractivity contribution in [1.29, 1.82) is 0 Å². The molecule has 2 aromatic carbocycles. The summed E-state index contributed by atoms with van der Waals surface area (Å²) in [7, 11) is 0. The summed E-state index contributed by atoms with van der Waals surface area (Å²) in [5.74, 6) is 0. The lowest BCUT2D eigenvalue weighted by Crippen LogP contribution is -2.08. The molecule has 0 aliphatic heterocycles. The summed E-state index contributed by atoms with van der Waals surface area (Å²) in [5, 5.41) is 1.63. The van der Waals surface area contributed by atoms with Crippen LogP contribution in [-0.2, 0) is 0 Å². The number of para-hydroxylation sites is 1. The van der Waals surface area contributed by atoms with Gasteiger partial charge in [-0.15, -0.1) is 0 Å². The highest BCUT2D eigenvalue weighted by molar-refractivity contribution is 6.30. The number of fused-ring (bicyclic) bond motifs is 1. The molecule has 1 N–H and O–H groups in total. The van der Waals surface area contributed by atoms with Crippen molar-refractivity contribution in [3.63, 3.8) is 0 Å². The summed E-state index contributed by atoms with van der Waals surface area (Å²) in [5.41, 5.74) is 2.20. The van der Waals surface area contributed by atoms with Crippen molar-refractivity contribution < 1.29 is 0 Å². The number of benzene rings is 2. The van der Waals surface area contributed by atoms with Gasteiger partial charge >= 0.3 is 0 Å². The number of hydrogen-bond donors (Lipinski definition) is 1. The van der Waals surface area contributed by atoms with Gasteiger partial charge in [0.05, 0.1) is 0 Å². The van der Waals surface area contributed by atoms with Crippen LogP contribution in [0.25, 0.3) is 22.0 Å². The number of aromatic amines is 1. The van der Waals surface area contributed by atoms with Gasteiger partial charge in [-0.25, -0.2) is 0 Å². The number of nitrogens with one attached hydrogen (secondary N) is 1. The van der Waals surface area contributed by atoms with Gasteiger partial charge in [0.2, 0.25) is 0 Å². The number of rotatable bonds is 1. The predicted molar refractivity (Wildman–Crippen MR) is 75.0 cm³/mol. The van der Waals surface area contributed by atoms with Crippen molar-refractivity contribution in [3.05, 3.63) is 70.0 Å². The van der Waals surface area contributed by atoms with E-state index >= 15 is 0 Å². The monoisotopic (exact) mass is 255 g/mol. The molecule has 0 spiro atoms. The number of aromatic nitrogens is 1. The van der Waals surface area contributed by atoms with Crippen LogP contribution in [0.5, 0.6) is 0 Å². The van der Waals surface area contributed by atoms with E-state index in [2.05, 4.69) is 4.98 Å². The van der Waals surface area contributed by atoms with Gasteiger partial charge in [-0.05, 0) is 35.2 Å². The van der Waals surface area contributed by atoms with Crippen LogP contribution in [0.2, 0.25) is 5.02 Å². The van der Waals surface area contributed by atoms with Gasteiger partial charge in [0, 0.05) is 16.1 Å². The molecule has 0 atom stereocenters. The second kappa shape index (κ2) is 4.31. The third-order valence-electron chi connectivity index (χ3n) is 2.89. The van der Waals surface area contributed by atoms with Crippen molar-refractivity contribution in [1.82, 2.24) is 4.98 Å². The maximum absolute atomic E-state index is 12.0. The van der Waals surface area contributed by atoms with Crippen LogP contribution in [0, 0.1) is 0 Å². The average Bonchev–Trinajstić information content (AvgIpc) is 2.38. The molecule has 88 valence electrons. The Balaban J connectivity index is 2.29. The first kappa shape index (κ1) is 11.1. The Morgan fingerprint density at radius 2 is 1.78 bits per heavy atom. The molecule has 3 rings (SSSR count). The van der Waals surface area contributed by atoms with Gasteiger partial charge < -0.3 is 4.98 Å². The van der Waals surface area contributed by atoms with Crippen molar-refractivity contribution in [3.8, 4) is 11.1 Å². The van der Waals surface area contributed by atoms with Gasteiger partial charge in [0.1, 0.15) is 0 Å². The van der Waals surface area contributed by atoms with Crippen LogP contribution in [0.4, 0.5) is 0 Å². The van der Waals surface area contributed by atoms with Crippen LogP contribution >= 0.6 is 11.6 Å². The molecule has 0 saturated heterocycles. The topological polar surface area (TPSA) is 32.9 Å². The molecule has 0 unspecified atom stereocenters. The summed E-state index contributed by atoms with van der Waals surface area (Å²) in [6, 6.07) is 16.9. The van der Waals surface area contributed by atoms with Gasteiger partial charge in [0.25, 0.3) is 5.56 Å². The standard InChI is InChI=1S/C15H10ClNO/c16-12-6-3-5-10(8-12)13-9-11-4-1-2-7-14(11)17-15(13)18/h1-9H,(H,17,18). The molecule has 3 aromatic rings. The van der Waals surface area contributed by atoms with E-state index in [0.29, 0.717) is 10.6 Å². The molecule has 3 heteroatoms. The van der Waals surface area contributed by atoms with Crippen LogP contribution in [0.15, 0.2) is 59.4 Å². The Hall–Kier alpha value is -2.06. The molecular formula is C15H10ClNO. The Morgan fingerprint density at radius 1 is 0.944 bits per heavy atom. The minimum Gasteiger partial charge on any atom is -0.321 e. The largest absolute Gasteiger partial charge is 0.321 e. The molecule has 0 bridgehead atoms. The van der Waals surface area contributed by atoms with Gasteiger partial charge in [-0.1, -0.05) is 41.9 Å². The summed E-state index contributed by atoms with van der Waals surface area (Å²) >= 11 is 5.95. The minimum absolute atomic E-state index is 0.101. The van der Waals surface area contributed by atoms with Gasteiger partial charge in [-0.3, -0.25) is 4.79 Å². The van der Waals surface area contributed by atoms with E-state index in [-0.39, 0.29) is 5.56 Å². The lowest BCUT2D eigenvalue weighted by Gasteiger charge is -2.03. The number of hydrogen-bond acceptors (Lipinski definition) is 1.